The van der Waals surface area contributed by atoms with Gasteiger partial charge >= 0.3 is 5.97 Å². The maximum Gasteiger partial charge on any atom is 0.320 e. The van der Waals surface area contributed by atoms with Crippen molar-refractivity contribution in [1.82, 2.24) is 0 Å². The van der Waals surface area contributed by atoms with E-state index in [4.69, 9.17) is 4.74 Å². The highest BCUT2D eigenvalue weighted by molar-refractivity contribution is 6.00. The summed E-state index contributed by atoms with van der Waals surface area (Å²) < 4.78 is 4.73. The van der Waals surface area contributed by atoms with Crippen molar-refractivity contribution in [3.05, 3.63) is 12.7 Å². The summed E-state index contributed by atoms with van der Waals surface area (Å²) in [5.74, 6) is -1.38. The van der Waals surface area contributed by atoms with Crippen molar-refractivity contribution in [1.29, 1.82) is 0 Å². The molecular formula is C10H16O3. The molecule has 1 atom stereocenters. The van der Waals surface area contributed by atoms with Crippen LogP contribution in [0.4, 0.5) is 0 Å². The number of rotatable bonds is 6. The van der Waals surface area contributed by atoms with E-state index in [9.17, 15) is 9.59 Å². The van der Waals surface area contributed by atoms with Crippen LogP contribution in [0, 0.1) is 5.92 Å². The maximum atomic E-state index is 11.3. The fourth-order valence-corrected chi connectivity index (χ4v) is 0.993. The molecule has 0 aromatic rings. The fourth-order valence-electron chi connectivity index (χ4n) is 0.993. The highest BCUT2D eigenvalue weighted by Crippen LogP contribution is 2.07. The average Bonchev–Trinajstić information content (AvgIpc) is 2.06. The minimum Gasteiger partial charge on any atom is -0.465 e. The zero-order chi connectivity index (χ0) is 10.3. The van der Waals surface area contributed by atoms with Gasteiger partial charge in [-0.3, -0.25) is 9.59 Å². The number of ketones is 1. The molecule has 0 radical (unpaired) electrons. The van der Waals surface area contributed by atoms with Crippen molar-refractivity contribution < 1.29 is 14.3 Å². The number of Topliss-reactive ketones (excluding diaryl/α,β-unsaturated/α-hetero) is 1. The molecule has 0 aliphatic heterocycles. The first-order chi connectivity index (χ1) is 6.17. The van der Waals surface area contributed by atoms with E-state index in [1.54, 1.807) is 6.92 Å². The molecule has 74 valence electrons. The van der Waals surface area contributed by atoms with E-state index >= 15 is 0 Å². The van der Waals surface area contributed by atoms with E-state index in [2.05, 4.69) is 6.58 Å². The van der Waals surface area contributed by atoms with Crippen LogP contribution >= 0.6 is 0 Å². The van der Waals surface area contributed by atoms with Crippen LogP contribution in [0.5, 0.6) is 0 Å². The molecule has 0 aromatic heterocycles. The van der Waals surface area contributed by atoms with E-state index in [0.29, 0.717) is 13.0 Å². The van der Waals surface area contributed by atoms with Gasteiger partial charge in [0.1, 0.15) is 5.92 Å². The lowest BCUT2D eigenvalue weighted by atomic mass is 10.0. The van der Waals surface area contributed by atoms with Crippen LogP contribution in [0.2, 0.25) is 0 Å². The molecule has 1 unspecified atom stereocenters. The van der Waals surface area contributed by atoms with Gasteiger partial charge in [-0.15, -0.1) is 6.58 Å². The highest BCUT2D eigenvalue weighted by Gasteiger charge is 2.23. The Hall–Kier alpha value is -1.12. The lowest BCUT2D eigenvalue weighted by molar-refractivity contribution is -0.149. The van der Waals surface area contributed by atoms with E-state index in [1.807, 2.05) is 6.92 Å². The molecule has 3 heteroatoms. The molecule has 0 heterocycles. The van der Waals surface area contributed by atoms with Crippen molar-refractivity contribution >= 4 is 11.8 Å². The molecule has 0 bridgehead atoms. The third-order valence-corrected chi connectivity index (χ3v) is 1.62. The van der Waals surface area contributed by atoms with Crippen molar-refractivity contribution in [3.63, 3.8) is 0 Å². The average molecular weight is 184 g/mol. The molecule has 3 nitrogen and oxygen atoms in total. The molecule has 0 saturated heterocycles. The van der Waals surface area contributed by atoms with E-state index in [1.165, 1.54) is 6.08 Å². The second-order valence-electron chi connectivity index (χ2n) is 2.68. The Morgan fingerprint density at radius 2 is 2.08 bits per heavy atom. The van der Waals surface area contributed by atoms with Crippen LogP contribution in [-0.4, -0.2) is 18.4 Å². The first-order valence-electron chi connectivity index (χ1n) is 4.49. The van der Waals surface area contributed by atoms with Gasteiger partial charge in [-0.05, 0) is 13.3 Å². The lowest BCUT2D eigenvalue weighted by Crippen LogP contribution is -2.24. The highest BCUT2D eigenvalue weighted by atomic mass is 16.5. The first-order valence-corrected chi connectivity index (χ1v) is 4.49. The predicted molar refractivity (Wildman–Crippen MR) is 50.2 cm³/mol. The van der Waals surface area contributed by atoms with Crippen LogP contribution in [-0.2, 0) is 14.3 Å². The number of esters is 1. The van der Waals surface area contributed by atoms with E-state index in [0.717, 1.165) is 6.42 Å². The summed E-state index contributed by atoms with van der Waals surface area (Å²) in [5.41, 5.74) is 0. The Morgan fingerprint density at radius 3 is 2.46 bits per heavy atom. The van der Waals surface area contributed by atoms with Gasteiger partial charge in [0.15, 0.2) is 5.78 Å². The number of ether oxygens (including phenoxy) is 1. The molecule has 0 amide bonds. The smallest absolute Gasteiger partial charge is 0.320 e. The summed E-state index contributed by atoms with van der Waals surface area (Å²) in [6, 6.07) is 0. The summed E-state index contributed by atoms with van der Waals surface area (Å²) in [6.07, 6.45) is 2.48. The van der Waals surface area contributed by atoms with Crippen molar-refractivity contribution in [2.24, 2.45) is 5.92 Å². The molecule has 0 aromatic carbocycles. The molecule has 0 aliphatic rings. The molecule has 0 rings (SSSR count). The van der Waals surface area contributed by atoms with Crippen LogP contribution in [0.15, 0.2) is 12.7 Å². The van der Waals surface area contributed by atoms with Crippen molar-refractivity contribution in [3.8, 4) is 0 Å². The van der Waals surface area contributed by atoms with Gasteiger partial charge in [0.2, 0.25) is 0 Å². The zero-order valence-corrected chi connectivity index (χ0v) is 8.21. The number of carbonyl (C=O) groups excluding carboxylic acids is 2. The molecule has 13 heavy (non-hydrogen) atoms. The van der Waals surface area contributed by atoms with Crippen molar-refractivity contribution in [2.75, 3.05) is 6.61 Å². The summed E-state index contributed by atoms with van der Waals surface area (Å²) in [5, 5.41) is 0. The largest absolute Gasteiger partial charge is 0.465 e. The first kappa shape index (κ1) is 11.9. The van der Waals surface area contributed by atoms with Gasteiger partial charge in [-0.2, -0.15) is 0 Å². The Morgan fingerprint density at radius 1 is 1.46 bits per heavy atom. The monoisotopic (exact) mass is 184 g/mol. The molecule has 0 spiro atoms. The Kier molecular flexibility index (Phi) is 5.85. The van der Waals surface area contributed by atoms with Crippen LogP contribution in [0.1, 0.15) is 26.7 Å². The van der Waals surface area contributed by atoms with Gasteiger partial charge in [0.25, 0.3) is 0 Å². The summed E-state index contributed by atoms with van der Waals surface area (Å²) in [6.45, 7) is 7.34. The van der Waals surface area contributed by atoms with E-state index in [-0.39, 0.29) is 5.78 Å². The standard InChI is InChI=1S/C10H16O3/c1-4-7-9(11)8(5-2)10(12)13-6-3/h5,8H,2,4,6-7H2,1,3H3. The fraction of sp³-hybridized carbons (Fsp3) is 0.600. The van der Waals surface area contributed by atoms with Gasteiger partial charge in [0, 0.05) is 6.42 Å². The Bertz CT molecular complexity index is 178. The third kappa shape index (κ3) is 3.87. The number of hydrogen-bond acceptors (Lipinski definition) is 3. The normalized spacial score (nSPS) is 11.8. The second-order valence-corrected chi connectivity index (χ2v) is 2.68. The van der Waals surface area contributed by atoms with E-state index < -0.39 is 11.9 Å². The molecular weight excluding hydrogens is 168 g/mol. The summed E-state index contributed by atoms with van der Waals surface area (Å²) in [7, 11) is 0. The Labute approximate surface area is 78.8 Å². The number of hydrogen-bond donors (Lipinski definition) is 0. The maximum absolute atomic E-state index is 11.3. The molecule has 0 aliphatic carbocycles. The zero-order valence-electron chi connectivity index (χ0n) is 8.21. The molecule has 0 fully saturated rings. The SMILES string of the molecule is C=CC(C(=O)CCC)C(=O)OCC. The second kappa shape index (κ2) is 6.40. The van der Waals surface area contributed by atoms with Crippen LogP contribution < -0.4 is 0 Å². The van der Waals surface area contributed by atoms with Gasteiger partial charge < -0.3 is 4.74 Å². The van der Waals surface area contributed by atoms with Crippen LogP contribution in [0.3, 0.4) is 0 Å². The van der Waals surface area contributed by atoms with Gasteiger partial charge in [-0.1, -0.05) is 13.0 Å². The predicted octanol–water partition coefficient (Wildman–Crippen LogP) is 1.72. The van der Waals surface area contributed by atoms with Gasteiger partial charge in [0.05, 0.1) is 6.61 Å². The summed E-state index contributed by atoms with van der Waals surface area (Å²) in [4.78, 5) is 22.5. The third-order valence-electron chi connectivity index (χ3n) is 1.62. The minimum absolute atomic E-state index is 0.115. The molecule has 0 saturated carbocycles. The minimum atomic E-state index is -0.778. The lowest BCUT2D eigenvalue weighted by Gasteiger charge is -2.08. The number of carbonyl (C=O) groups is 2. The Balaban J connectivity index is 4.23. The van der Waals surface area contributed by atoms with Gasteiger partial charge in [-0.25, -0.2) is 0 Å². The van der Waals surface area contributed by atoms with Crippen LogP contribution in [0.25, 0.3) is 0 Å². The van der Waals surface area contributed by atoms with Crippen molar-refractivity contribution in [2.45, 2.75) is 26.7 Å². The molecule has 0 N–H and O–H groups in total. The quantitative estimate of drug-likeness (QED) is 0.358. The summed E-state index contributed by atoms with van der Waals surface area (Å²) >= 11 is 0. The topological polar surface area (TPSA) is 43.4 Å².